The highest BCUT2D eigenvalue weighted by Crippen LogP contribution is 2.03. The third-order valence-electron chi connectivity index (χ3n) is 3.35. The average Bonchev–Trinajstić information content (AvgIpc) is 2.57. The van der Waals surface area contributed by atoms with Crippen molar-refractivity contribution in [1.82, 2.24) is 10.6 Å². The van der Waals surface area contributed by atoms with Crippen LogP contribution in [0.2, 0.25) is 0 Å². The number of nitrogens with one attached hydrogen (secondary N) is 2. The third kappa shape index (κ3) is 7.93. The molecule has 1 rings (SSSR count). The topological polar surface area (TPSA) is 159 Å². The largest absolute Gasteiger partial charge is 0.481 e. The first-order valence-corrected chi connectivity index (χ1v) is 7.60. The number of benzene rings is 1. The molecule has 0 bridgehead atoms. The van der Waals surface area contributed by atoms with Gasteiger partial charge in [0.25, 0.3) is 0 Å². The Bertz CT molecular complexity index is 620. The first-order valence-electron chi connectivity index (χ1n) is 7.60. The number of aliphatic carboxylic acids is 2. The highest BCUT2D eigenvalue weighted by atomic mass is 16.4. The first-order chi connectivity index (χ1) is 11.8. The molecule has 0 unspecified atom stereocenters. The van der Waals surface area contributed by atoms with E-state index in [1.807, 2.05) is 0 Å². The highest BCUT2D eigenvalue weighted by molar-refractivity contribution is 5.89. The third-order valence-corrected chi connectivity index (χ3v) is 3.35. The van der Waals surface area contributed by atoms with Gasteiger partial charge in [-0.05, 0) is 12.0 Å². The lowest BCUT2D eigenvalue weighted by molar-refractivity contribution is -0.141. The van der Waals surface area contributed by atoms with Crippen LogP contribution >= 0.6 is 0 Å². The number of hydrogen-bond donors (Lipinski definition) is 5. The van der Waals surface area contributed by atoms with E-state index < -0.39 is 42.4 Å². The van der Waals surface area contributed by atoms with E-state index in [4.69, 9.17) is 10.8 Å². The van der Waals surface area contributed by atoms with E-state index in [0.717, 1.165) is 5.56 Å². The van der Waals surface area contributed by atoms with E-state index in [2.05, 4.69) is 10.6 Å². The second-order valence-electron chi connectivity index (χ2n) is 5.40. The van der Waals surface area contributed by atoms with Gasteiger partial charge in [0, 0.05) is 12.8 Å². The molecular weight excluding hydrogens is 330 g/mol. The zero-order valence-corrected chi connectivity index (χ0v) is 13.5. The molecule has 1 aromatic rings. The van der Waals surface area contributed by atoms with Crippen molar-refractivity contribution in [2.75, 3.05) is 6.54 Å². The molecule has 0 saturated carbocycles. The molecule has 136 valence electrons. The van der Waals surface area contributed by atoms with Crippen molar-refractivity contribution in [2.45, 2.75) is 31.3 Å². The maximum absolute atomic E-state index is 11.8. The van der Waals surface area contributed by atoms with E-state index in [1.165, 1.54) is 0 Å². The summed E-state index contributed by atoms with van der Waals surface area (Å²) in [4.78, 5) is 45.1. The van der Waals surface area contributed by atoms with E-state index >= 15 is 0 Å². The molecule has 2 atom stereocenters. The Morgan fingerprint density at radius 3 is 2.28 bits per heavy atom. The fraction of sp³-hybridized carbons (Fsp3) is 0.375. The Kier molecular flexibility index (Phi) is 8.07. The normalized spacial score (nSPS) is 12.7. The number of carboxylic acid groups (broad SMARTS) is 2. The lowest BCUT2D eigenvalue weighted by atomic mass is 10.1. The SMILES string of the molecule is N[C@H](CCC(=O)O)C(=O)NCC(=O)N[C@H](Cc1ccccc1)C(=O)O. The zero-order valence-electron chi connectivity index (χ0n) is 13.5. The minimum absolute atomic E-state index is 0.0610. The number of carboxylic acids is 2. The number of nitrogens with two attached hydrogens (primary N) is 1. The smallest absolute Gasteiger partial charge is 0.326 e. The Hall–Kier alpha value is -2.94. The first kappa shape index (κ1) is 20.1. The van der Waals surface area contributed by atoms with Crippen LogP contribution in [0.1, 0.15) is 18.4 Å². The fourth-order valence-corrected chi connectivity index (χ4v) is 2.00. The van der Waals surface area contributed by atoms with Crippen LogP contribution in [0.15, 0.2) is 30.3 Å². The molecule has 1 aromatic carbocycles. The Morgan fingerprint density at radius 2 is 1.72 bits per heavy atom. The molecule has 0 aliphatic rings. The Morgan fingerprint density at radius 1 is 1.08 bits per heavy atom. The molecule has 6 N–H and O–H groups in total. The number of rotatable bonds is 10. The molecule has 0 heterocycles. The van der Waals surface area contributed by atoms with Gasteiger partial charge in [-0.1, -0.05) is 30.3 Å². The summed E-state index contributed by atoms with van der Waals surface area (Å²) >= 11 is 0. The maximum atomic E-state index is 11.8. The van der Waals surface area contributed by atoms with E-state index in [-0.39, 0.29) is 19.3 Å². The van der Waals surface area contributed by atoms with Crippen molar-refractivity contribution in [3.05, 3.63) is 35.9 Å². The van der Waals surface area contributed by atoms with Gasteiger partial charge in [0.1, 0.15) is 6.04 Å². The number of carbonyl (C=O) groups excluding carboxylic acids is 2. The van der Waals surface area contributed by atoms with Gasteiger partial charge in [0.05, 0.1) is 12.6 Å². The highest BCUT2D eigenvalue weighted by Gasteiger charge is 2.21. The van der Waals surface area contributed by atoms with Gasteiger partial charge in [-0.25, -0.2) is 4.79 Å². The van der Waals surface area contributed by atoms with Crippen molar-refractivity contribution in [2.24, 2.45) is 5.73 Å². The van der Waals surface area contributed by atoms with E-state index in [9.17, 15) is 24.3 Å². The summed E-state index contributed by atoms with van der Waals surface area (Å²) in [6.07, 6.45) is -0.221. The quantitative estimate of drug-likeness (QED) is 0.365. The molecule has 0 fully saturated rings. The molecule has 25 heavy (non-hydrogen) atoms. The van der Waals surface area contributed by atoms with Gasteiger partial charge in [0.2, 0.25) is 11.8 Å². The summed E-state index contributed by atoms with van der Waals surface area (Å²) < 4.78 is 0. The predicted molar refractivity (Wildman–Crippen MR) is 87.6 cm³/mol. The van der Waals surface area contributed by atoms with Crippen LogP contribution in [0.4, 0.5) is 0 Å². The van der Waals surface area contributed by atoms with Crippen LogP contribution in [0, 0.1) is 0 Å². The maximum Gasteiger partial charge on any atom is 0.326 e. The summed E-state index contributed by atoms with van der Waals surface area (Å²) in [6.45, 7) is -0.446. The monoisotopic (exact) mass is 351 g/mol. The number of hydrogen-bond acceptors (Lipinski definition) is 5. The van der Waals surface area contributed by atoms with Crippen molar-refractivity contribution >= 4 is 23.8 Å². The fourth-order valence-electron chi connectivity index (χ4n) is 2.00. The molecule has 2 amide bonds. The van der Waals surface area contributed by atoms with Crippen molar-refractivity contribution in [3.63, 3.8) is 0 Å². The van der Waals surface area contributed by atoms with Gasteiger partial charge in [-0.15, -0.1) is 0 Å². The van der Waals surface area contributed by atoms with Crippen LogP contribution < -0.4 is 16.4 Å². The zero-order chi connectivity index (χ0) is 18.8. The van der Waals surface area contributed by atoms with Crippen molar-refractivity contribution < 1.29 is 29.4 Å². The average molecular weight is 351 g/mol. The number of carbonyl (C=O) groups is 4. The van der Waals surface area contributed by atoms with Crippen LogP contribution in [-0.2, 0) is 25.6 Å². The van der Waals surface area contributed by atoms with Crippen LogP contribution in [0.3, 0.4) is 0 Å². The van der Waals surface area contributed by atoms with Crippen LogP contribution in [0.5, 0.6) is 0 Å². The van der Waals surface area contributed by atoms with Crippen LogP contribution in [-0.4, -0.2) is 52.6 Å². The standard InChI is InChI=1S/C16H21N3O6/c17-11(6-7-14(21)22)15(23)18-9-13(20)19-12(16(24)25)8-10-4-2-1-3-5-10/h1-5,11-12H,6-9,17H2,(H,18,23)(H,19,20)(H,21,22)(H,24,25)/t11-,12-/m1/s1. The van der Waals surface area contributed by atoms with Crippen LogP contribution in [0.25, 0.3) is 0 Å². The molecule has 9 heteroatoms. The molecule has 9 nitrogen and oxygen atoms in total. The predicted octanol–water partition coefficient (Wildman–Crippen LogP) is -0.893. The summed E-state index contributed by atoms with van der Waals surface area (Å²) in [5.74, 6) is -3.62. The van der Waals surface area contributed by atoms with Crippen molar-refractivity contribution in [3.8, 4) is 0 Å². The second-order valence-corrected chi connectivity index (χ2v) is 5.40. The summed E-state index contributed by atoms with van der Waals surface area (Å²) in [7, 11) is 0. The minimum Gasteiger partial charge on any atom is -0.481 e. The van der Waals surface area contributed by atoms with E-state index in [1.54, 1.807) is 30.3 Å². The Labute approximate surface area is 144 Å². The van der Waals surface area contributed by atoms with Gasteiger partial charge in [-0.2, -0.15) is 0 Å². The lowest BCUT2D eigenvalue weighted by Gasteiger charge is -2.16. The molecule has 0 saturated heterocycles. The van der Waals surface area contributed by atoms with Gasteiger partial charge >= 0.3 is 11.9 Å². The molecule has 0 aromatic heterocycles. The van der Waals surface area contributed by atoms with Gasteiger partial charge in [-0.3, -0.25) is 14.4 Å². The number of amides is 2. The molecular formula is C16H21N3O6. The summed E-state index contributed by atoms with van der Waals surface area (Å²) in [5, 5.41) is 22.3. The summed E-state index contributed by atoms with van der Waals surface area (Å²) in [5.41, 5.74) is 6.25. The second kappa shape index (κ2) is 10.0. The lowest BCUT2D eigenvalue weighted by Crippen LogP contribution is -2.49. The molecule has 0 spiro atoms. The van der Waals surface area contributed by atoms with Crippen molar-refractivity contribution in [1.29, 1.82) is 0 Å². The Balaban J connectivity index is 2.46. The minimum atomic E-state index is -1.19. The van der Waals surface area contributed by atoms with Gasteiger partial charge in [0.15, 0.2) is 0 Å². The molecule has 0 aliphatic heterocycles. The summed E-state index contributed by atoms with van der Waals surface area (Å²) in [6, 6.07) is 6.61. The van der Waals surface area contributed by atoms with Gasteiger partial charge < -0.3 is 26.6 Å². The molecule has 0 aliphatic carbocycles. The van der Waals surface area contributed by atoms with E-state index in [0.29, 0.717) is 0 Å². The molecule has 0 radical (unpaired) electrons.